The van der Waals surface area contributed by atoms with Crippen molar-refractivity contribution in [1.29, 1.82) is 0 Å². The molecule has 0 aromatic heterocycles. The number of primary amides is 1. The Labute approximate surface area is 85.5 Å². The molecular weight excluding hydrogens is 199 g/mol. The predicted octanol–water partition coefficient (Wildman–Crippen LogP) is 0.800. The van der Waals surface area contributed by atoms with Crippen LogP contribution in [0.4, 0.5) is 0 Å². The summed E-state index contributed by atoms with van der Waals surface area (Å²) in [5.41, 5.74) is 5.18. The van der Waals surface area contributed by atoms with Crippen LogP contribution in [0.1, 0.15) is 19.8 Å². The third-order valence-corrected chi connectivity index (χ3v) is 2.10. The third kappa shape index (κ3) is 3.17. The van der Waals surface area contributed by atoms with Crippen molar-refractivity contribution in [1.82, 2.24) is 4.90 Å². The Hall–Kier alpha value is 0.01000. The van der Waals surface area contributed by atoms with Crippen LogP contribution in [0.5, 0.6) is 0 Å². The van der Waals surface area contributed by atoms with Crippen LogP contribution < -0.4 is 5.73 Å². The number of halogens is 2. The maximum Gasteiger partial charge on any atom is 0.234 e. The Morgan fingerprint density at radius 2 is 2.17 bits per heavy atom. The van der Waals surface area contributed by atoms with Crippen molar-refractivity contribution in [2.45, 2.75) is 25.8 Å². The van der Waals surface area contributed by atoms with Crippen LogP contribution in [-0.4, -0.2) is 29.9 Å². The van der Waals surface area contributed by atoms with Crippen molar-refractivity contribution in [3.05, 3.63) is 0 Å². The van der Waals surface area contributed by atoms with E-state index in [-0.39, 0.29) is 36.8 Å². The van der Waals surface area contributed by atoms with Gasteiger partial charge in [-0.05, 0) is 25.9 Å². The number of likely N-dealkylation sites (N-methyl/N-ethyl adjacent to an activating group) is 1. The number of amides is 1. The van der Waals surface area contributed by atoms with Crippen LogP contribution in [0.2, 0.25) is 0 Å². The molecule has 0 unspecified atom stereocenters. The molecule has 1 rings (SSSR count). The Bertz CT molecular complexity index is 143. The SMILES string of the molecule is CCN1CCC[C@H]1C(N)=O.Cl.Cl. The maximum absolute atomic E-state index is 10.8. The zero-order valence-electron chi connectivity index (χ0n) is 7.16. The molecule has 0 aromatic carbocycles. The minimum Gasteiger partial charge on any atom is -0.368 e. The van der Waals surface area contributed by atoms with Crippen LogP contribution in [0.15, 0.2) is 0 Å². The lowest BCUT2D eigenvalue weighted by atomic mass is 10.2. The zero-order chi connectivity index (χ0) is 7.56. The van der Waals surface area contributed by atoms with Gasteiger partial charge in [-0.3, -0.25) is 9.69 Å². The van der Waals surface area contributed by atoms with Crippen molar-refractivity contribution >= 4 is 30.7 Å². The molecule has 0 spiro atoms. The molecule has 2 N–H and O–H groups in total. The van der Waals surface area contributed by atoms with Crippen LogP contribution in [0.3, 0.4) is 0 Å². The fourth-order valence-electron chi connectivity index (χ4n) is 1.53. The van der Waals surface area contributed by atoms with E-state index in [0.29, 0.717) is 0 Å². The first-order valence-electron chi connectivity index (χ1n) is 3.79. The number of carbonyl (C=O) groups is 1. The topological polar surface area (TPSA) is 46.3 Å². The van der Waals surface area contributed by atoms with Crippen molar-refractivity contribution in [2.75, 3.05) is 13.1 Å². The minimum atomic E-state index is -0.167. The fraction of sp³-hybridized carbons (Fsp3) is 0.857. The largest absolute Gasteiger partial charge is 0.368 e. The maximum atomic E-state index is 10.8. The van der Waals surface area contributed by atoms with Gasteiger partial charge in [-0.25, -0.2) is 0 Å². The minimum absolute atomic E-state index is 0. The van der Waals surface area contributed by atoms with E-state index in [0.717, 1.165) is 25.9 Å². The molecule has 1 aliphatic heterocycles. The van der Waals surface area contributed by atoms with Gasteiger partial charge < -0.3 is 5.73 Å². The molecule has 12 heavy (non-hydrogen) atoms. The number of rotatable bonds is 2. The number of nitrogens with two attached hydrogens (primary N) is 1. The van der Waals surface area contributed by atoms with Crippen molar-refractivity contribution in [3.8, 4) is 0 Å². The highest BCUT2D eigenvalue weighted by molar-refractivity contribution is 5.85. The number of nitrogens with zero attached hydrogens (tertiary/aromatic N) is 1. The molecule has 0 bridgehead atoms. The summed E-state index contributed by atoms with van der Waals surface area (Å²) < 4.78 is 0. The second-order valence-electron chi connectivity index (χ2n) is 2.69. The molecule has 74 valence electrons. The summed E-state index contributed by atoms with van der Waals surface area (Å²) >= 11 is 0. The first-order chi connectivity index (χ1) is 4.75. The van der Waals surface area contributed by atoms with E-state index in [4.69, 9.17) is 5.73 Å². The van der Waals surface area contributed by atoms with Crippen LogP contribution in [0, 0.1) is 0 Å². The molecule has 0 aromatic rings. The average molecular weight is 215 g/mol. The Morgan fingerprint density at radius 1 is 1.58 bits per heavy atom. The Balaban J connectivity index is 0. The standard InChI is InChI=1S/C7H14N2O.2ClH/c1-2-9-5-3-4-6(9)7(8)10;;/h6H,2-5H2,1H3,(H2,8,10);2*1H/t6-;;/m0../s1. The lowest BCUT2D eigenvalue weighted by molar-refractivity contribution is -0.122. The third-order valence-electron chi connectivity index (χ3n) is 2.10. The molecule has 0 radical (unpaired) electrons. The van der Waals surface area contributed by atoms with Crippen molar-refractivity contribution in [3.63, 3.8) is 0 Å². The van der Waals surface area contributed by atoms with Gasteiger partial charge in [0, 0.05) is 0 Å². The predicted molar refractivity (Wildman–Crippen MR) is 54.0 cm³/mol. The van der Waals surface area contributed by atoms with Crippen molar-refractivity contribution in [2.24, 2.45) is 5.73 Å². The van der Waals surface area contributed by atoms with E-state index < -0.39 is 0 Å². The summed E-state index contributed by atoms with van der Waals surface area (Å²) in [6.07, 6.45) is 2.06. The Kier molecular flexibility index (Phi) is 7.89. The normalized spacial score (nSPS) is 22.6. The highest BCUT2D eigenvalue weighted by Crippen LogP contribution is 2.15. The smallest absolute Gasteiger partial charge is 0.234 e. The quantitative estimate of drug-likeness (QED) is 0.740. The summed E-state index contributed by atoms with van der Waals surface area (Å²) in [5, 5.41) is 0. The lowest BCUT2D eigenvalue weighted by Gasteiger charge is -2.18. The number of likely N-dealkylation sites (tertiary alicyclic amines) is 1. The molecule has 1 heterocycles. The summed E-state index contributed by atoms with van der Waals surface area (Å²) in [7, 11) is 0. The van der Waals surface area contributed by atoms with Gasteiger partial charge in [-0.1, -0.05) is 6.92 Å². The number of carbonyl (C=O) groups excluding carboxylic acids is 1. The van der Waals surface area contributed by atoms with E-state index in [1.165, 1.54) is 0 Å². The highest BCUT2D eigenvalue weighted by Gasteiger charge is 2.26. The average Bonchev–Trinajstić information content (AvgIpc) is 2.33. The van der Waals surface area contributed by atoms with E-state index in [1.807, 2.05) is 0 Å². The first-order valence-corrected chi connectivity index (χ1v) is 3.79. The first kappa shape index (κ1) is 14.5. The molecule has 1 saturated heterocycles. The van der Waals surface area contributed by atoms with Gasteiger partial charge in [0.05, 0.1) is 6.04 Å². The molecular formula is C7H16Cl2N2O. The monoisotopic (exact) mass is 214 g/mol. The molecule has 1 fully saturated rings. The van der Waals surface area contributed by atoms with Crippen LogP contribution in [0.25, 0.3) is 0 Å². The van der Waals surface area contributed by atoms with Gasteiger partial charge in [-0.2, -0.15) is 0 Å². The molecule has 1 amide bonds. The molecule has 1 atom stereocenters. The van der Waals surface area contributed by atoms with Crippen LogP contribution >= 0.6 is 24.8 Å². The van der Waals surface area contributed by atoms with Gasteiger partial charge in [0.25, 0.3) is 0 Å². The molecule has 1 aliphatic rings. The Morgan fingerprint density at radius 3 is 2.50 bits per heavy atom. The van der Waals surface area contributed by atoms with Gasteiger partial charge >= 0.3 is 0 Å². The van der Waals surface area contributed by atoms with Crippen molar-refractivity contribution < 1.29 is 4.79 Å². The number of hydrogen-bond donors (Lipinski definition) is 1. The molecule has 0 saturated carbocycles. The van der Waals surface area contributed by atoms with Gasteiger partial charge in [0.1, 0.15) is 0 Å². The summed E-state index contributed by atoms with van der Waals surface area (Å²) in [5.74, 6) is -0.167. The second-order valence-corrected chi connectivity index (χ2v) is 2.69. The van der Waals surface area contributed by atoms with E-state index in [1.54, 1.807) is 0 Å². The summed E-state index contributed by atoms with van der Waals surface area (Å²) in [6.45, 7) is 4.03. The summed E-state index contributed by atoms with van der Waals surface area (Å²) in [4.78, 5) is 12.9. The molecule has 0 aliphatic carbocycles. The van der Waals surface area contributed by atoms with Gasteiger partial charge in [-0.15, -0.1) is 24.8 Å². The van der Waals surface area contributed by atoms with E-state index >= 15 is 0 Å². The zero-order valence-corrected chi connectivity index (χ0v) is 8.79. The highest BCUT2D eigenvalue weighted by atomic mass is 35.5. The summed E-state index contributed by atoms with van der Waals surface area (Å²) in [6, 6.07) is 0.0185. The van der Waals surface area contributed by atoms with E-state index in [2.05, 4.69) is 11.8 Å². The fourth-order valence-corrected chi connectivity index (χ4v) is 1.53. The second kappa shape index (κ2) is 6.52. The molecule has 3 nitrogen and oxygen atoms in total. The van der Waals surface area contributed by atoms with Gasteiger partial charge in [0.15, 0.2) is 0 Å². The molecule has 5 heteroatoms. The number of hydrogen-bond acceptors (Lipinski definition) is 2. The van der Waals surface area contributed by atoms with E-state index in [9.17, 15) is 4.79 Å². The van der Waals surface area contributed by atoms with Gasteiger partial charge in [0.2, 0.25) is 5.91 Å². The lowest BCUT2D eigenvalue weighted by Crippen LogP contribution is -2.39. The van der Waals surface area contributed by atoms with Crippen LogP contribution in [-0.2, 0) is 4.79 Å².